The zero-order valence-electron chi connectivity index (χ0n) is 14.7. The third kappa shape index (κ3) is 3.70. The molecule has 25 heavy (non-hydrogen) atoms. The van der Waals surface area contributed by atoms with Gasteiger partial charge in [0, 0.05) is 19.0 Å². The summed E-state index contributed by atoms with van der Waals surface area (Å²) in [6.07, 6.45) is 10.1. The molecule has 136 valence electrons. The van der Waals surface area contributed by atoms with E-state index in [1.54, 1.807) is 11.6 Å². The lowest BCUT2D eigenvalue weighted by molar-refractivity contribution is -0.137. The van der Waals surface area contributed by atoms with Crippen molar-refractivity contribution in [3.8, 4) is 0 Å². The van der Waals surface area contributed by atoms with Crippen molar-refractivity contribution in [3.05, 3.63) is 23.9 Å². The number of piperidine rings is 1. The van der Waals surface area contributed by atoms with Gasteiger partial charge in [0.1, 0.15) is 11.4 Å². The molecular formula is C18H26N4O3. The van der Waals surface area contributed by atoms with Crippen molar-refractivity contribution in [2.45, 2.75) is 45.1 Å². The Hall–Kier alpha value is -2.31. The fourth-order valence-corrected chi connectivity index (χ4v) is 3.64. The molecule has 1 saturated heterocycles. The molecule has 1 aliphatic carbocycles. The van der Waals surface area contributed by atoms with Crippen LogP contribution in [-0.4, -0.2) is 46.3 Å². The number of rotatable bonds is 4. The summed E-state index contributed by atoms with van der Waals surface area (Å²) >= 11 is 0. The SMILES string of the molecule is CCOC(=O)c1cnn(C2CCN(C(=O)[C@@H]3CC=CCC3)CC2)c1N. The number of nitrogens with two attached hydrogens (primary N) is 1. The van der Waals surface area contributed by atoms with Gasteiger partial charge in [-0.15, -0.1) is 0 Å². The highest BCUT2D eigenvalue weighted by atomic mass is 16.5. The van der Waals surface area contributed by atoms with Crippen molar-refractivity contribution in [1.29, 1.82) is 0 Å². The van der Waals surface area contributed by atoms with Crippen LogP contribution in [0.25, 0.3) is 0 Å². The van der Waals surface area contributed by atoms with Crippen LogP contribution in [0.3, 0.4) is 0 Å². The molecule has 2 N–H and O–H groups in total. The van der Waals surface area contributed by atoms with E-state index in [0.717, 1.165) is 32.1 Å². The van der Waals surface area contributed by atoms with Gasteiger partial charge in [-0.05, 0) is 39.0 Å². The first-order valence-electron chi connectivity index (χ1n) is 9.05. The Bertz CT molecular complexity index is 659. The number of carbonyl (C=O) groups is 2. The maximum Gasteiger partial charge on any atom is 0.343 e. The molecule has 0 aromatic carbocycles. The minimum Gasteiger partial charge on any atom is -0.462 e. The smallest absolute Gasteiger partial charge is 0.343 e. The van der Waals surface area contributed by atoms with Crippen LogP contribution in [-0.2, 0) is 9.53 Å². The van der Waals surface area contributed by atoms with Gasteiger partial charge in [0.25, 0.3) is 0 Å². The number of anilines is 1. The molecule has 7 nitrogen and oxygen atoms in total. The number of hydrogen-bond donors (Lipinski definition) is 1. The fourth-order valence-electron chi connectivity index (χ4n) is 3.64. The number of nitrogen functional groups attached to an aromatic ring is 1. The van der Waals surface area contributed by atoms with Crippen molar-refractivity contribution in [1.82, 2.24) is 14.7 Å². The summed E-state index contributed by atoms with van der Waals surface area (Å²) in [5, 5.41) is 4.28. The highest BCUT2D eigenvalue weighted by Gasteiger charge is 2.30. The van der Waals surface area contributed by atoms with Crippen molar-refractivity contribution >= 4 is 17.7 Å². The van der Waals surface area contributed by atoms with E-state index in [1.807, 2.05) is 4.90 Å². The minimum atomic E-state index is -0.441. The van der Waals surface area contributed by atoms with Gasteiger partial charge in [0.05, 0.1) is 18.8 Å². The van der Waals surface area contributed by atoms with Crippen LogP contribution in [0.4, 0.5) is 5.82 Å². The lowest BCUT2D eigenvalue weighted by atomic mass is 9.92. The van der Waals surface area contributed by atoms with Crippen LogP contribution in [0.15, 0.2) is 18.3 Å². The van der Waals surface area contributed by atoms with Crippen LogP contribution in [0.1, 0.15) is 55.4 Å². The Kier molecular flexibility index (Phi) is 5.40. The average molecular weight is 346 g/mol. The zero-order chi connectivity index (χ0) is 17.8. The van der Waals surface area contributed by atoms with E-state index in [2.05, 4.69) is 17.3 Å². The predicted molar refractivity (Wildman–Crippen MR) is 93.9 cm³/mol. The molecule has 1 fully saturated rings. The summed E-state index contributed by atoms with van der Waals surface area (Å²) in [7, 11) is 0. The second-order valence-electron chi connectivity index (χ2n) is 6.65. The molecular weight excluding hydrogens is 320 g/mol. The van der Waals surface area contributed by atoms with E-state index >= 15 is 0 Å². The number of hydrogen-bond acceptors (Lipinski definition) is 5. The Morgan fingerprint density at radius 2 is 2.04 bits per heavy atom. The largest absolute Gasteiger partial charge is 0.462 e. The monoisotopic (exact) mass is 346 g/mol. The number of allylic oxidation sites excluding steroid dienone is 2. The third-order valence-electron chi connectivity index (χ3n) is 5.07. The number of ether oxygens (including phenoxy) is 1. The first-order valence-corrected chi connectivity index (χ1v) is 9.05. The summed E-state index contributed by atoms with van der Waals surface area (Å²) in [4.78, 5) is 26.4. The van der Waals surface area contributed by atoms with E-state index in [9.17, 15) is 9.59 Å². The lowest BCUT2D eigenvalue weighted by Crippen LogP contribution is -2.42. The van der Waals surface area contributed by atoms with Crippen molar-refractivity contribution in [2.24, 2.45) is 5.92 Å². The molecule has 1 aromatic rings. The molecule has 1 atom stereocenters. The average Bonchev–Trinajstić information content (AvgIpc) is 3.04. The summed E-state index contributed by atoms with van der Waals surface area (Å²) in [6.45, 7) is 3.48. The third-order valence-corrected chi connectivity index (χ3v) is 5.07. The van der Waals surface area contributed by atoms with Gasteiger partial charge in [-0.2, -0.15) is 5.10 Å². The molecule has 0 spiro atoms. The second kappa shape index (κ2) is 7.72. The molecule has 2 aliphatic rings. The van der Waals surface area contributed by atoms with Gasteiger partial charge in [0.2, 0.25) is 5.91 Å². The van der Waals surface area contributed by atoms with E-state index in [1.165, 1.54) is 6.20 Å². The topological polar surface area (TPSA) is 90.5 Å². The molecule has 7 heteroatoms. The van der Waals surface area contributed by atoms with Crippen LogP contribution in [0, 0.1) is 5.92 Å². The number of aromatic nitrogens is 2. The molecule has 0 bridgehead atoms. The molecule has 2 heterocycles. The van der Waals surface area contributed by atoms with E-state index < -0.39 is 5.97 Å². The van der Waals surface area contributed by atoms with Crippen molar-refractivity contribution in [2.75, 3.05) is 25.4 Å². The first-order chi connectivity index (χ1) is 12.1. The van der Waals surface area contributed by atoms with Gasteiger partial charge in [0.15, 0.2) is 0 Å². The maximum atomic E-state index is 12.6. The Balaban J connectivity index is 1.60. The van der Waals surface area contributed by atoms with E-state index in [0.29, 0.717) is 31.1 Å². The molecule has 1 aliphatic heterocycles. The molecule has 3 rings (SSSR count). The maximum absolute atomic E-state index is 12.6. The Morgan fingerprint density at radius 3 is 2.68 bits per heavy atom. The van der Waals surface area contributed by atoms with Crippen LogP contribution in [0.5, 0.6) is 0 Å². The Labute approximate surface area is 147 Å². The molecule has 1 amide bonds. The first kappa shape index (κ1) is 17.5. The summed E-state index contributed by atoms with van der Waals surface area (Å²) in [6, 6.07) is 0.110. The summed E-state index contributed by atoms with van der Waals surface area (Å²) in [5.74, 6) is 0.306. The van der Waals surface area contributed by atoms with Gasteiger partial charge in [-0.3, -0.25) is 4.79 Å². The highest BCUT2D eigenvalue weighted by Crippen LogP contribution is 2.28. The molecule has 0 saturated carbocycles. The lowest BCUT2D eigenvalue weighted by Gasteiger charge is -2.35. The van der Waals surface area contributed by atoms with Crippen molar-refractivity contribution in [3.63, 3.8) is 0 Å². The molecule has 1 aromatic heterocycles. The van der Waals surface area contributed by atoms with Crippen LogP contribution in [0.2, 0.25) is 0 Å². The zero-order valence-corrected chi connectivity index (χ0v) is 14.7. The van der Waals surface area contributed by atoms with Crippen LogP contribution < -0.4 is 5.73 Å². The normalized spacial score (nSPS) is 21.3. The van der Waals surface area contributed by atoms with Gasteiger partial charge >= 0.3 is 5.97 Å². The van der Waals surface area contributed by atoms with E-state index in [4.69, 9.17) is 10.5 Å². The number of likely N-dealkylation sites (tertiary alicyclic amines) is 1. The highest BCUT2D eigenvalue weighted by molar-refractivity contribution is 5.94. The second-order valence-corrected chi connectivity index (χ2v) is 6.65. The van der Waals surface area contributed by atoms with Crippen molar-refractivity contribution < 1.29 is 14.3 Å². The number of esters is 1. The Morgan fingerprint density at radius 1 is 1.28 bits per heavy atom. The molecule has 0 unspecified atom stereocenters. The van der Waals surface area contributed by atoms with Gasteiger partial charge < -0.3 is 15.4 Å². The summed E-state index contributed by atoms with van der Waals surface area (Å²) in [5.41, 5.74) is 6.40. The van der Waals surface area contributed by atoms with Crippen LogP contribution >= 0.6 is 0 Å². The van der Waals surface area contributed by atoms with Gasteiger partial charge in [-0.1, -0.05) is 12.2 Å². The quantitative estimate of drug-likeness (QED) is 0.666. The predicted octanol–water partition coefficient (Wildman–Crippen LogP) is 2.16. The fraction of sp³-hybridized carbons (Fsp3) is 0.611. The number of carbonyl (C=O) groups excluding carboxylic acids is 2. The molecule has 0 radical (unpaired) electrons. The minimum absolute atomic E-state index is 0.110. The summed E-state index contributed by atoms with van der Waals surface area (Å²) < 4.78 is 6.70. The van der Waals surface area contributed by atoms with E-state index in [-0.39, 0.29) is 17.9 Å². The van der Waals surface area contributed by atoms with Gasteiger partial charge in [-0.25, -0.2) is 9.48 Å². The number of nitrogens with zero attached hydrogens (tertiary/aromatic N) is 3. The number of amides is 1. The standard InChI is InChI=1S/C18H26N4O3/c1-2-25-18(24)15-12-20-22(16(15)19)14-8-10-21(11-9-14)17(23)13-6-4-3-5-7-13/h3-4,12-14H,2,5-11,19H2,1H3/t13-/m1/s1.